The van der Waals surface area contributed by atoms with E-state index in [2.05, 4.69) is 0 Å². The first-order chi connectivity index (χ1) is 7.38. The van der Waals surface area contributed by atoms with Crippen LogP contribution in [0.25, 0.3) is 0 Å². The van der Waals surface area contributed by atoms with Gasteiger partial charge in [0, 0.05) is 19.6 Å². The molecule has 2 unspecified atom stereocenters. The average Bonchev–Trinajstić information content (AvgIpc) is 2.68. The third-order valence-corrected chi connectivity index (χ3v) is 3.17. The van der Waals surface area contributed by atoms with Gasteiger partial charge in [-0.2, -0.15) is 0 Å². The number of rotatable bonds is 4. The van der Waals surface area contributed by atoms with Crippen LogP contribution in [0.3, 0.4) is 0 Å². The summed E-state index contributed by atoms with van der Waals surface area (Å²) in [6.45, 7) is 3.18. The molecule has 2 heterocycles. The molecule has 2 N–H and O–H groups in total. The van der Waals surface area contributed by atoms with Crippen LogP contribution >= 0.6 is 0 Å². The van der Waals surface area contributed by atoms with Crippen LogP contribution in [0, 0.1) is 5.92 Å². The van der Waals surface area contributed by atoms with Gasteiger partial charge in [0.2, 0.25) is 0 Å². The van der Waals surface area contributed by atoms with Gasteiger partial charge in [-0.15, -0.1) is 0 Å². The summed E-state index contributed by atoms with van der Waals surface area (Å²) in [6, 6.07) is 0. The Morgan fingerprint density at radius 3 is 2.73 bits per heavy atom. The molecule has 2 atom stereocenters. The molecule has 2 fully saturated rings. The van der Waals surface area contributed by atoms with Crippen molar-refractivity contribution < 1.29 is 14.2 Å². The van der Waals surface area contributed by atoms with Gasteiger partial charge in [0.1, 0.15) is 0 Å². The van der Waals surface area contributed by atoms with Crippen LogP contribution in [0.4, 0.5) is 0 Å². The second kappa shape index (κ2) is 5.80. The lowest BCUT2D eigenvalue weighted by atomic mass is 9.96. The lowest BCUT2D eigenvalue weighted by molar-refractivity contribution is -0.0804. The number of nitrogens with two attached hydrogens (primary N) is 1. The zero-order valence-electron chi connectivity index (χ0n) is 9.19. The molecule has 0 aromatic rings. The minimum atomic E-state index is 0.00431. The molecule has 88 valence electrons. The Labute approximate surface area is 91.1 Å². The Hall–Kier alpha value is -0.160. The van der Waals surface area contributed by atoms with E-state index in [4.69, 9.17) is 19.9 Å². The molecule has 0 spiro atoms. The maximum Gasteiger partial charge on any atom is 0.158 e. The fourth-order valence-corrected chi connectivity index (χ4v) is 2.22. The summed E-state index contributed by atoms with van der Waals surface area (Å²) in [6.07, 6.45) is 4.44. The molecule has 2 rings (SSSR count). The van der Waals surface area contributed by atoms with Crippen molar-refractivity contribution in [1.82, 2.24) is 0 Å². The highest BCUT2D eigenvalue weighted by Crippen LogP contribution is 2.25. The minimum Gasteiger partial charge on any atom is -0.381 e. The normalized spacial score (nSPS) is 33.4. The fraction of sp³-hybridized carbons (Fsp3) is 1.00. The highest BCUT2D eigenvalue weighted by atomic mass is 16.7. The Bertz CT molecular complexity index is 183. The van der Waals surface area contributed by atoms with Gasteiger partial charge in [-0.1, -0.05) is 0 Å². The van der Waals surface area contributed by atoms with Crippen molar-refractivity contribution in [2.45, 2.75) is 38.1 Å². The molecule has 0 aromatic heterocycles. The van der Waals surface area contributed by atoms with Crippen LogP contribution in [0.15, 0.2) is 0 Å². The first kappa shape index (κ1) is 11.3. The van der Waals surface area contributed by atoms with Gasteiger partial charge >= 0.3 is 0 Å². The summed E-state index contributed by atoms with van der Waals surface area (Å²) in [4.78, 5) is 0. The molecule has 0 saturated carbocycles. The molecule has 15 heavy (non-hydrogen) atoms. The molecule has 0 radical (unpaired) electrons. The Morgan fingerprint density at radius 1 is 1.20 bits per heavy atom. The number of hydrogen-bond donors (Lipinski definition) is 1. The Kier molecular flexibility index (Phi) is 4.38. The molecule has 0 bridgehead atoms. The molecule has 0 aromatic carbocycles. The first-order valence-corrected chi connectivity index (χ1v) is 5.93. The van der Waals surface area contributed by atoms with Crippen molar-refractivity contribution >= 4 is 0 Å². The van der Waals surface area contributed by atoms with Crippen molar-refractivity contribution in [2.75, 3.05) is 26.4 Å². The summed E-state index contributed by atoms with van der Waals surface area (Å²) in [5.74, 6) is 0.709. The van der Waals surface area contributed by atoms with Crippen LogP contribution in [0.5, 0.6) is 0 Å². The van der Waals surface area contributed by atoms with Gasteiger partial charge in [0.25, 0.3) is 0 Å². The molecule has 2 saturated heterocycles. The average molecular weight is 215 g/mol. The molecule has 0 aliphatic carbocycles. The van der Waals surface area contributed by atoms with Crippen molar-refractivity contribution in [3.05, 3.63) is 0 Å². The predicted molar refractivity (Wildman–Crippen MR) is 56.4 cm³/mol. The van der Waals surface area contributed by atoms with Crippen LogP contribution < -0.4 is 5.73 Å². The van der Waals surface area contributed by atoms with E-state index in [9.17, 15) is 0 Å². The summed E-state index contributed by atoms with van der Waals surface area (Å²) in [5, 5.41) is 0. The van der Waals surface area contributed by atoms with Crippen LogP contribution in [0.1, 0.15) is 25.7 Å². The second-order valence-electron chi connectivity index (χ2n) is 4.39. The predicted octanol–water partition coefficient (Wildman–Crippen LogP) is 0.893. The van der Waals surface area contributed by atoms with Gasteiger partial charge in [0.15, 0.2) is 6.29 Å². The lowest BCUT2D eigenvalue weighted by Gasteiger charge is -2.24. The van der Waals surface area contributed by atoms with Crippen molar-refractivity contribution in [1.29, 1.82) is 0 Å². The van der Waals surface area contributed by atoms with E-state index in [0.717, 1.165) is 38.9 Å². The number of ether oxygens (including phenoxy) is 3. The van der Waals surface area contributed by atoms with E-state index >= 15 is 0 Å². The highest BCUT2D eigenvalue weighted by molar-refractivity contribution is 4.71. The third-order valence-electron chi connectivity index (χ3n) is 3.17. The molecule has 2 aliphatic heterocycles. The fourth-order valence-electron chi connectivity index (χ4n) is 2.22. The largest absolute Gasteiger partial charge is 0.381 e. The van der Waals surface area contributed by atoms with E-state index in [0.29, 0.717) is 19.1 Å². The molecule has 4 heteroatoms. The zero-order chi connectivity index (χ0) is 10.5. The molecule has 0 amide bonds. The maximum absolute atomic E-state index is 5.76. The summed E-state index contributed by atoms with van der Waals surface area (Å²) >= 11 is 0. The molecule has 4 nitrogen and oxygen atoms in total. The quantitative estimate of drug-likeness (QED) is 0.757. The smallest absolute Gasteiger partial charge is 0.158 e. The molecular weight excluding hydrogens is 194 g/mol. The standard InChI is InChI=1S/C11H21NO3/c12-4-1-10-8-14-11(15-10)7-9-2-5-13-6-3-9/h9-11H,1-8,12H2. The monoisotopic (exact) mass is 215 g/mol. The minimum absolute atomic E-state index is 0.00431. The lowest BCUT2D eigenvalue weighted by Crippen LogP contribution is -2.22. The Morgan fingerprint density at radius 2 is 2.00 bits per heavy atom. The van der Waals surface area contributed by atoms with E-state index in [1.54, 1.807) is 0 Å². The van der Waals surface area contributed by atoms with E-state index < -0.39 is 0 Å². The van der Waals surface area contributed by atoms with Crippen molar-refractivity contribution in [3.63, 3.8) is 0 Å². The Balaban J connectivity index is 1.67. The third kappa shape index (κ3) is 3.41. The van der Waals surface area contributed by atoms with Gasteiger partial charge in [-0.25, -0.2) is 0 Å². The van der Waals surface area contributed by atoms with Crippen LogP contribution in [-0.4, -0.2) is 38.8 Å². The molecular formula is C11H21NO3. The topological polar surface area (TPSA) is 53.7 Å². The van der Waals surface area contributed by atoms with E-state index in [1.165, 1.54) is 0 Å². The van der Waals surface area contributed by atoms with E-state index in [-0.39, 0.29) is 12.4 Å². The van der Waals surface area contributed by atoms with Crippen LogP contribution in [-0.2, 0) is 14.2 Å². The zero-order valence-corrected chi connectivity index (χ0v) is 9.19. The number of hydrogen-bond acceptors (Lipinski definition) is 4. The SMILES string of the molecule is NCCC1COC(CC2CCOCC2)O1. The first-order valence-electron chi connectivity index (χ1n) is 5.93. The van der Waals surface area contributed by atoms with Gasteiger partial charge < -0.3 is 19.9 Å². The summed E-state index contributed by atoms with van der Waals surface area (Å²) < 4.78 is 16.7. The van der Waals surface area contributed by atoms with Gasteiger partial charge in [0.05, 0.1) is 12.7 Å². The highest BCUT2D eigenvalue weighted by Gasteiger charge is 2.28. The van der Waals surface area contributed by atoms with Crippen LogP contribution in [0.2, 0.25) is 0 Å². The van der Waals surface area contributed by atoms with Gasteiger partial charge in [-0.3, -0.25) is 0 Å². The molecule has 2 aliphatic rings. The maximum atomic E-state index is 5.76. The second-order valence-corrected chi connectivity index (χ2v) is 4.39. The van der Waals surface area contributed by atoms with Gasteiger partial charge in [-0.05, 0) is 31.7 Å². The van der Waals surface area contributed by atoms with Crippen molar-refractivity contribution in [2.24, 2.45) is 11.7 Å². The summed E-state index contributed by atoms with van der Waals surface area (Å²) in [7, 11) is 0. The van der Waals surface area contributed by atoms with Crippen molar-refractivity contribution in [3.8, 4) is 0 Å². The summed E-state index contributed by atoms with van der Waals surface area (Å²) in [5.41, 5.74) is 5.49. The van der Waals surface area contributed by atoms with E-state index in [1.807, 2.05) is 0 Å².